The number of imidazole rings is 1. The Hall–Kier alpha value is -3.60. The second-order valence-electron chi connectivity index (χ2n) is 8.34. The van der Waals surface area contributed by atoms with Crippen LogP contribution in [0.15, 0.2) is 66.7 Å². The molecule has 0 aliphatic rings. The molecule has 5 nitrogen and oxygen atoms in total. The summed E-state index contributed by atoms with van der Waals surface area (Å²) in [6.07, 6.45) is 0. The number of amides is 1. The monoisotopic (exact) mass is 427 g/mol. The van der Waals surface area contributed by atoms with E-state index in [0.717, 1.165) is 45.0 Å². The number of rotatable bonds is 6. The summed E-state index contributed by atoms with van der Waals surface area (Å²) in [5.74, 6) is 1.65. The van der Waals surface area contributed by atoms with Gasteiger partial charge in [0.2, 0.25) is 0 Å². The van der Waals surface area contributed by atoms with E-state index in [1.807, 2.05) is 93.3 Å². The number of hydrogen-bond acceptors (Lipinski definition) is 3. The van der Waals surface area contributed by atoms with Crippen LogP contribution in [-0.2, 0) is 6.54 Å². The second kappa shape index (κ2) is 8.87. The molecule has 0 unspecified atom stereocenters. The van der Waals surface area contributed by atoms with Crippen molar-refractivity contribution < 1.29 is 9.53 Å². The fourth-order valence-corrected chi connectivity index (χ4v) is 4.14. The predicted molar refractivity (Wildman–Crippen MR) is 129 cm³/mol. The Balaban J connectivity index is 1.80. The Bertz CT molecular complexity index is 1240. The summed E-state index contributed by atoms with van der Waals surface area (Å²) in [5.41, 5.74) is 5.65. The quantitative estimate of drug-likeness (QED) is 0.396. The van der Waals surface area contributed by atoms with Crippen LogP contribution in [0.3, 0.4) is 0 Å². The van der Waals surface area contributed by atoms with Crippen LogP contribution < -0.4 is 4.74 Å². The van der Waals surface area contributed by atoms with Gasteiger partial charge in [0.25, 0.3) is 5.91 Å². The van der Waals surface area contributed by atoms with Gasteiger partial charge in [-0.15, -0.1) is 0 Å². The number of aryl methyl sites for hydroxylation is 2. The summed E-state index contributed by atoms with van der Waals surface area (Å²) < 4.78 is 7.45. The van der Waals surface area contributed by atoms with E-state index in [1.54, 1.807) is 7.11 Å². The fraction of sp³-hybridized carbons (Fsp3) is 0.259. The molecule has 0 aliphatic heterocycles. The molecule has 0 bridgehead atoms. The van der Waals surface area contributed by atoms with Gasteiger partial charge in [-0.3, -0.25) is 9.36 Å². The normalized spacial score (nSPS) is 11.2. The summed E-state index contributed by atoms with van der Waals surface area (Å²) >= 11 is 0. The lowest BCUT2D eigenvalue weighted by Gasteiger charge is -2.28. The third kappa shape index (κ3) is 3.98. The second-order valence-corrected chi connectivity index (χ2v) is 8.34. The highest BCUT2D eigenvalue weighted by atomic mass is 16.5. The molecule has 0 radical (unpaired) electrons. The number of benzene rings is 3. The molecule has 32 heavy (non-hydrogen) atoms. The summed E-state index contributed by atoms with van der Waals surface area (Å²) in [6, 6.07) is 22.0. The number of hydrogen-bond donors (Lipinski definition) is 0. The molecule has 0 saturated carbocycles. The van der Waals surface area contributed by atoms with E-state index in [2.05, 4.69) is 10.6 Å². The minimum absolute atomic E-state index is 0.0191. The van der Waals surface area contributed by atoms with Crippen molar-refractivity contribution in [1.29, 1.82) is 0 Å². The van der Waals surface area contributed by atoms with Crippen molar-refractivity contribution >= 4 is 16.9 Å². The lowest BCUT2D eigenvalue weighted by atomic mass is 10.0. The smallest absolute Gasteiger partial charge is 0.255 e. The third-order valence-corrected chi connectivity index (χ3v) is 5.85. The molecule has 4 aromatic rings. The predicted octanol–water partition coefficient (Wildman–Crippen LogP) is 5.70. The number of carbonyl (C=O) groups is 1. The van der Waals surface area contributed by atoms with Crippen molar-refractivity contribution in [3.63, 3.8) is 0 Å². The Morgan fingerprint density at radius 2 is 1.62 bits per heavy atom. The molecule has 0 spiro atoms. The van der Waals surface area contributed by atoms with Crippen molar-refractivity contribution in [3.8, 4) is 11.4 Å². The number of methoxy groups -OCH3 is 1. The zero-order chi connectivity index (χ0) is 22.8. The van der Waals surface area contributed by atoms with Gasteiger partial charge in [0.05, 0.1) is 24.7 Å². The molecular formula is C27H29N3O2. The first-order valence-corrected chi connectivity index (χ1v) is 10.9. The first kappa shape index (κ1) is 21.6. The van der Waals surface area contributed by atoms with E-state index in [1.165, 1.54) is 0 Å². The van der Waals surface area contributed by atoms with Gasteiger partial charge in [-0.05, 0) is 75.2 Å². The molecule has 1 aromatic heterocycles. The van der Waals surface area contributed by atoms with Crippen LogP contribution in [0.1, 0.15) is 41.2 Å². The number of aromatic nitrogens is 2. The molecule has 0 aliphatic carbocycles. The van der Waals surface area contributed by atoms with Crippen LogP contribution >= 0.6 is 0 Å². The van der Waals surface area contributed by atoms with E-state index < -0.39 is 0 Å². The van der Waals surface area contributed by atoms with Gasteiger partial charge in [-0.25, -0.2) is 4.98 Å². The maximum atomic E-state index is 13.7. The maximum absolute atomic E-state index is 13.7. The molecule has 164 valence electrons. The highest BCUT2D eigenvalue weighted by Gasteiger charge is 2.25. The summed E-state index contributed by atoms with van der Waals surface area (Å²) in [5, 5.41) is 0. The molecular weight excluding hydrogens is 398 g/mol. The molecule has 3 aromatic carbocycles. The minimum atomic E-state index is 0.0191. The standard InChI is InChI=1S/C27H29N3O2/c1-18(2)29(27(31)26-19(3)9-8-10-20(26)4)17-25-28-23-11-6-7-12-24(23)30(25)21-13-15-22(32-5)16-14-21/h6-16,18H,17H2,1-5H3. The molecule has 5 heteroatoms. The average molecular weight is 428 g/mol. The van der Waals surface area contributed by atoms with Gasteiger partial charge in [-0.2, -0.15) is 0 Å². The third-order valence-electron chi connectivity index (χ3n) is 5.85. The van der Waals surface area contributed by atoms with E-state index in [-0.39, 0.29) is 11.9 Å². The highest BCUT2D eigenvalue weighted by molar-refractivity contribution is 5.97. The Kier molecular flexibility index (Phi) is 5.99. The number of fused-ring (bicyclic) bond motifs is 1. The van der Waals surface area contributed by atoms with Crippen LogP contribution in [0.5, 0.6) is 5.75 Å². The maximum Gasteiger partial charge on any atom is 0.255 e. The number of para-hydroxylation sites is 2. The minimum Gasteiger partial charge on any atom is -0.497 e. The van der Waals surface area contributed by atoms with E-state index >= 15 is 0 Å². The van der Waals surface area contributed by atoms with Crippen molar-refractivity contribution in [1.82, 2.24) is 14.5 Å². The van der Waals surface area contributed by atoms with Gasteiger partial charge in [0.1, 0.15) is 11.6 Å². The van der Waals surface area contributed by atoms with Crippen LogP contribution in [0, 0.1) is 13.8 Å². The van der Waals surface area contributed by atoms with Gasteiger partial charge in [0.15, 0.2) is 0 Å². The summed E-state index contributed by atoms with van der Waals surface area (Å²) in [4.78, 5) is 20.5. The van der Waals surface area contributed by atoms with Gasteiger partial charge < -0.3 is 9.64 Å². The van der Waals surface area contributed by atoms with E-state index in [4.69, 9.17) is 9.72 Å². The van der Waals surface area contributed by atoms with Gasteiger partial charge in [0, 0.05) is 17.3 Å². The van der Waals surface area contributed by atoms with Gasteiger partial charge >= 0.3 is 0 Å². The largest absolute Gasteiger partial charge is 0.497 e. The van der Waals surface area contributed by atoms with Crippen LogP contribution in [0.2, 0.25) is 0 Å². The van der Waals surface area contributed by atoms with Crippen LogP contribution in [0.4, 0.5) is 0 Å². The summed E-state index contributed by atoms with van der Waals surface area (Å²) in [7, 11) is 1.66. The number of ether oxygens (including phenoxy) is 1. The Labute approximate surface area is 189 Å². The molecule has 0 fully saturated rings. The van der Waals surface area contributed by atoms with E-state index in [0.29, 0.717) is 6.54 Å². The average Bonchev–Trinajstić information content (AvgIpc) is 3.15. The van der Waals surface area contributed by atoms with Crippen molar-refractivity contribution in [2.24, 2.45) is 0 Å². The first-order chi connectivity index (χ1) is 15.4. The van der Waals surface area contributed by atoms with Crippen LogP contribution in [-0.4, -0.2) is 33.5 Å². The zero-order valence-corrected chi connectivity index (χ0v) is 19.3. The van der Waals surface area contributed by atoms with Crippen molar-refractivity contribution in [2.75, 3.05) is 7.11 Å². The summed E-state index contributed by atoms with van der Waals surface area (Å²) in [6.45, 7) is 8.49. The topological polar surface area (TPSA) is 47.4 Å². The van der Waals surface area contributed by atoms with Crippen molar-refractivity contribution in [2.45, 2.75) is 40.3 Å². The van der Waals surface area contributed by atoms with Crippen molar-refractivity contribution in [3.05, 3.63) is 89.2 Å². The fourth-order valence-electron chi connectivity index (χ4n) is 4.14. The lowest BCUT2D eigenvalue weighted by Crippen LogP contribution is -2.38. The highest BCUT2D eigenvalue weighted by Crippen LogP contribution is 2.26. The van der Waals surface area contributed by atoms with Gasteiger partial charge in [-0.1, -0.05) is 30.3 Å². The molecule has 1 amide bonds. The van der Waals surface area contributed by atoms with Crippen LogP contribution in [0.25, 0.3) is 16.7 Å². The molecule has 1 heterocycles. The zero-order valence-electron chi connectivity index (χ0n) is 19.3. The Morgan fingerprint density at radius 1 is 0.969 bits per heavy atom. The molecule has 0 N–H and O–H groups in total. The molecule has 0 atom stereocenters. The van der Waals surface area contributed by atoms with E-state index in [9.17, 15) is 4.79 Å². The number of carbonyl (C=O) groups excluding carboxylic acids is 1. The number of nitrogens with zero attached hydrogens (tertiary/aromatic N) is 3. The SMILES string of the molecule is COc1ccc(-n2c(CN(C(=O)c3c(C)cccc3C)C(C)C)nc3ccccc32)cc1. The first-order valence-electron chi connectivity index (χ1n) is 10.9. The lowest BCUT2D eigenvalue weighted by molar-refractivity contribution is 0.0683. The Morgan fingerprint density at radius 3 is 2.25 bits per heavy atom. The molecule has 0 saturated heterocycles. The molecule has 4 rings (SSSR count).